The molecule has 3 rings (SSSR count). The van der Waals surface area contributed by atoms with Crippen molar-refractivity contribution in [1.82, 2.24) is 10.2 Å². The summed E-state index contributed by atoms with van der Waals surface area (Å²) in [6, 6.07) is 12.8. The van der Waals surface area contributed by atoms with Crippen LogP contribution in [0, 0.1) is 5.82 Å². The number of halogens is 2. The van der Waals surface area contributed by atoms with Gasteiger partial charge in [-0.05, 0) is 68.3 Å². The number of ether oxygens (including phenoxy) is 3. The first-order valence-electron chi connectivity index (χ1n) is 13.8. The lowest BCUT2D eigenvalue weighted by molar-refractivity contribution is -0.140. The summed E-state index contributed by atoms with van der Waals surface area (Å²) in [5.74, 6) is -0.953. The molecule has 0 aliphatic heterocycles. The van der Waals surface area contributed by atoms with Crippen LogP contribution >= 0.6 is 11.6 Å². The molecule has 3 aromatic rings. The monoisotopic (exact) mass is 649 g/mol. The molecule has 0 unspecified atom stereocenters. The Kier molecular flexibility index (Phi) is 11.8. The minimum absolute atomic E-state index is 0.00421. The van der Waals surface area contributed by atoms with Gasteiger partial charge in [-0.25, -0.2) is 12.8 Å². The molecule has 0 spiro atoms. The van der Waals surface area contributed by atoms with Crippen LogP contribution in [0.25, 0.3) is 0 Å². The minimum Gasteiger partial charge on any atom is -0.495 e. The Balaban J connectivity index is 2.17. The lowest BCUT2D eigenvalue weighted by atomic mass is 10.1. The van der Waals surface area contributed by atoms with Gasteiger partial charge in [0.25, 0.3) is 10.0 Å². The Morgan fingerprint density at radius 3 is 2.09 bits per heavy atom. The van der Waals surface area contributed by atoms with Crippen molar-refractivity contribution in [2.45, 2.75) is 50.7 Å². The SMILES string of the molecule is CC[C@@H](C(=O)NC(C)C)N(Cc1ccc(F)cc1)C(=O)CN(c1cc(Cl)ccc1OC)S(=O)(=O)c1ccc(OC)c(OC)c1. The Hall–Kier alpha value is -4.03. The van der Waals surface area contributed by atoms with Gasteiger partial charge in [-0.1, -0.05) is 30.7 Å². The van der Waals surface area contributed by atoms with Crippen molar-refractivity contribution < 1.29 is 36.6 Å². The molecular formula is C31H37ClFN3O7S. The Morgan fingerprint density at radius 2 is 1.52 bits per heavy atom. The van der Waals surface area contributed by atoms with Crippen molar-refractivity contribution in [3.8, 4) is 17.2 Å². The molecular weight excluding hydrogens is 613 g/mol. The zero-order valence-corrected chi connectivity index (χ0v) is 27.0. The number of sulfonamides is 1. The molecule has 0 saturated carbocycles. The molecule has 0 bridgehead atoms. The van der Waals surface area contributed by atoms with E-state index in [-0.39, 0.29) is 46.1 Å². The Morgan fingerprint density at radius 1 is 0.909 bits per heavy atom. The molecule has 0 radical (unpaired) electrons. The van der Waals surface area contributed by atoms with Crippen LogP contribution in [0.5, 0.6) is 17.2 Å². The number of nitrogens with zero attached hydrogens (tertiary/aromatic N) is 2. The predicted molar refractivity (Wildman–Crippen MR) is 166 cm³/mol. The number of amides is 2. The maximum Gasteiger partial charge on any atom is 0.265 e. The number of methoxy groups -OCH3 is 3. The smallest absolute Gasteiger partial charge is 0.265 e. The second-order valence-electron chi connectivity index (χ2n) is 10.1. The van der Waals surface area contributed by atoms with E-state index in [2.05, 4.69) is 5.32 Å². The molecule has 1 N–H and O–H groups in total. The normalized spacial score (nSPS) is 11.9. The maximum absolute atomic E-state index is 14.3. The molecule has 0 fully saturated rings. The van der Waals surface area contributed by atoms with Gasteiger partial charge in [0.15, 0.2) is 11.5 Å². The second kappa shape index (κ2) is 15.1. The third-order valence-corrected chi connectivity index (χ3v) is 8.71. The third-order valence-electron chi connectivity index (χ3n) is 6.71. The van der Waals surface area contributed by atoms with E-state index in [1.165, 1.54) is 86.9 Å². The minimum atomic E-state index is -4.48. The van der Waals surface area contributed by atoms with Gasteiger partial charge in [-0.3, -0.25) is 13.9 Å². The van der Waals surface area contributed by atoms with Crippen LogP contribution in [0.2, 0.25) is 5.02 Å². The van der Waals surface area contributed by atoms with Crippen LogP contribution < -0.4 is 23.8 Å². The van der Waals surface area contributed by atoms with Gasteiger partial charge in [0.2, 0.25) is 11.8 Å². The van der Waals surface area contributed by atoms with E-state index in [1.807, 2.05) is 0 Å². The molecule has 44 heavy (non-hydrogen) atoms. The van der Waals surface area contributed by atoms with Gasteiger partial charge in [0, 0.05) is 23.7 Å². The van der Waals surface area contributed by atoms with E-state index >= 15 is 0 Å². The van der Waals surface area contributed by atoms with E-state index in [0.29, 0.717) is 11.3 Å². The first-order chi connectivity index (χ1) is 20.9. The molecule has 0 aliphatic carbocycles. The predicted octanol–water partition coefficient (Wildman–Crippen LogP) is 5.03. The zero-order valence-electron chi connectivity index (χ0n) is 25.5. The lowest BCUT2D eigenvalue weighted by Crippen LogP contribution is -2.53. The summed E-state index contributed by atoms with van der Waals surface area (Å²) in [7, 11) is -0.326. The highest BCUT2D eigenvalue weighted by Gasteiger charge is 2.35. The molecule has 3 aromatic carbocycles. The summed E-state index contributed by atoms with van der Waals surface area (Å²) in [4.78, 5) is 28.6. The van der Waals surface area contributed by atoms with Crippen molar-refractivity contribution in [3.63, 3.8) is 0 Å². The summed E-state index contributed by atoms with van der Waals surface area (Å²) < 4.78 is 59.2. The van der Waals surface area contributed by atoms with Gasteiger partial charge in [-0.2, -0.15) is 0 Å². The maximum atomic E-state index is 14.3. The molecule has 0 saturated heterocycles. The standard InChI is InChI=1S/C31H37ClFN3O7S/c1-7-25(31(38)34-20(2)3)35(18-21-8-11-23(33)12-9-21)30(37)19-36(26-16-22(32)10-14-27(26)41-4)44(39,40)24-13-15-28(42-5)29(17-24)43-6/h8-17,20,25H,7,18-19H2,1-6H3,(H,34,38)/t25-/m0/s1. The van der Waals surface area contributed by atoms with E-state index in [4.69, 9.17) is 25.8 Å². The molecule has 10 nitrogen and oxygen atoms in total. The van der Waals surface area contributed by atoms with Gasteiger partial charge < -0.3 is 24.4 Å². The first kappa shape index (κ1) is 34.5. The fourth-order valence-electron chi connectivity index (χ4n) is 4.56. The average Bonchev–Trinajstić information content (AvgIpc) is 2.99. The zero-order chi connectivity index (χ0) is 32.6. The van der Waals surface area contributed by atoms with E-state index in [0.717, 1.165) is 4.31 Å². The average molecular weight is 650 g/mol. The highest BCUT2D eigenvalue weighted by atomic mass is 35.5. The molecule has 13 heteroatoms. The quantitative estimate of drug-likeness (QED) is 0.261. The summed E-state index contributed by atoms with van der Waals surface area (Å²) >= 11 is 6.29. The molecule has 1 atom stereocenters. The van der Waals surface area contributed by atoms with Crippen LogP contribution in [0.1, 0.15) is 32.8 Å². The highest BCUT2D eigenvalue weighted by Crippen LogP contribution is 2.37. The first-order valence-corrected chi connectivity index (χ1v) is 15.6. The van der Waals surface area contributed by atoms with Gasteiger partial charge >= 0.3 is 0 Å². The molecule has 238 valence electrons. The topological polar surface area (TPSA) is 114 Å². The number of hydrogen-bond acceptors (Lipinski definition) is 7. The number of nitrogens with one attached hydrogen (secondary N) is 1. The van der Waals surface area contributed by atoms with Crippen molar-refractivity contribution >= 4 is 39.1 Å². The summed E-state index contributed by atoms with van der Waals surface area (Å²) in [6.07, 6.45) is 0.231. The number of rotatable bonds is 14. The summed E-state index contributed by atoms with van der Waals surface area (Å²) in [6.45, 7) is 4.52. The van der Waals surface area contributed by atoms with Crippen LogP contribution in [-0.2, 0) is 26.2 Å². The fraction of sp³-hybridized carbons (Fsp3) is 0.355. The van der Waals surface area contributed by atoms with E-state index in [9.17, 15) is 22.4 Å². The van der Waals surface area contributed by atoms with Gasteiger partial charge in [0.1, 0.15) is 24.2 Å². The third kappa shape index (κ3) is 8.11. The highest BCUT2D eigenvalue weighted by molar-refractivity contribution is 7.92. The largest absolute Gasteiger partial charge is 0.495 e. The van der Waals surface area contributed by atoms with E-state index < -0.39 is 40.2 Å². The molecule has 0 heterocycles. The van der Waals surface area contributed by atoms with Crippen molar-refractivity contribution in [3.05, 3.63) is 77.1 Å². The van der Waals surface area contributed by atoms with Gasteiger partial charge in [0.05, 0.1) is 31.9 Å². The van der Waals surface area contributed by atoms with Crippen LogP contribution in [0.4, 0.5) is 10.1 Å². The Labute approximate surface area is 262 Å². The number of hydrogen-bond donors (Lipinski definition) is 1. The number of anilines is 1. The van der Waals surface area contributed by atoms with E-state index in [1.54, 1.807) is 20.8 Å². The lowest BCUT2D eigenvalue weighted by Gasteiger charge is -2.34. The van der Waals surface area contributed by atoms with Crippen molar-refractivity contribution in [2.75, 3.05) is 32.2 Å². The molecule has 0 aliphatic rings. The summed E-state index contributed by atoms with van der Waals surface area (Å²) in [5, 5.41) is 3.03. The van der Waals surface area contributed by atoms with Crippen molar-refractivity contribution in [2.24, 2.45) is 0 Å². The van der Waals surface area contributed by atoms with Gasteiger partial charge in [-0.15, -0.1) is 0 Å². The molecule has 0 aromatic heterocycles. The van der Waals surface area contributed by atoms with Crippen molar-refractivity contribution in [1.29, 1.82) is 0 Å². The summed E-state index contributed by atoms with van der Waals surface area (Å²) in [5.41, 5.74) is 0.551. The number of carbonyl (C=O) groups is 2. The van der Waals surface area contributed by atoms with Crippen LogP contribution in [0.15, 0.2) is 65.6 Å². The van der Waals surface area contributed by atoms with Crippen LogP contribution in [0.3, 0.4) is 0 Å². The molecule has 2 amide bonds. The fourth-order valence-corrected chi connectivity index (χ4v) is 6.16. The van der Waals surface area contributed by atoms with Crippen LogP contribution in [-0.4, -0.2) is 65.1 Å². The number of benzene rings is 3. The number of carbonyl (C=O) groups excluding carboxylic acids is 2. The second-order valence-corrected chi connectivity index (χ2v) is 12.4. The Bertz CT molecular complexity index is 1570.